The molecule has 0 bridgehead atoms. The summed E-state index contributed by atoms with van der Waals surface area (Å²) in [6, 6.07) is 9.69. The van der Waals surface area contributed by atoms with E-state index < -0.39 is 0 Å². The number of nitrogen functional groups attached to an aromatic ring is 1. The molecule has 1 amide bonds. The van der Waals surface area contributed by atoms with Crippen LogP contribution in [0.3, 0.4) is 0 Å². The van der Waals surface area contributed by atoms with E-state index in [4.69, 9.17) is 10.3 Å². The summed E-state index contributed by atoms with van der Waals surface area (Å²) >= 11 is 0. The molecule has 3 aromatic rings. The lowest BCUT2D eigenvalue weighted by Crippen LogP contribution is -2.29. The highest BCUT2D eigenvalue weighted by molar-refractivity contribution is 5.80. The van der Waals surface area contributed by atoms with Crippen molar-refractivity contribution in [2.45, 2.75) is 39.8 Å². The van der Waals surface area contributed by atoms with Gasteiger partial charge in [0.1, 0.15) is 5.76 Å². The Kier molecular flexibility index (Phi) is 4.14. The number of benzene rings is 1. The third-order valence-corrected chi connectivity index (χ3v) is 4.86. The van der Waals surface area contributed by atoms with Crippen molar-refractivity contribution in [3.8, 4) is 11.3 Å². The number of fused-ring (bicyclic) bond motifs is 1. The maximum absolute atomic E-state index is 12.8. The minimum absolute atomic E-state index is 0.0367. The average Bonchev–Trinajstić information content (AvgIpc) is 3.18. The molecule has 0 unspecified atom stereocenters. The SMILES string of the molecule is Cc1cccc(-c2nc(N)nc3c2CN(C(=O)Cc2cc(C)no2)[C@H]3C)c1. The van der Waals surface area contributed by atoms with Gasteiger partial charge in [-0.2, -0.15) is 0 Å². The van der Waals surface area contributed by atoms with E-state index in [1.54, 1.807) is 11.0 Å². The van der Waals surface area contributed by atoms with E-state index >= 15 is 0 Å². The van der Waals surface area contributed by atoms with Gasteiger partial charge in [-0.15, -0.1) is 0 Å². The van der Waals surface area contributed by atoms with E-state index in [1.165, 1.54) is 0 Å². The van der Waals surface area contributed by atoms with Crippen molar-refractivity contribution >= 4 is 11.9 Å². The third kappa shape index (κ3) is 3.16. The number of carbonyl (C=O) groups excluding carboxylic acids is 1. The van der Waals surface area contributed by atoms with Gasteiger partial charge in [0.25, 0.3) is 0 Å². The first-order chi connectivity index (χ1) is 12.9. The van der Waals surface area contributed by atoms with E-state index in [9.17, 15) is 4.79 Å². The number of aryl methyl sites for hydroxylation is 2. The van der Waals surface area contributed by atoms with Crippen molar-refractivity contribution in [1.82, 2.24) is 20.0 Å². The molecule has 3 heterocycles. The molecule has 0 saturated heterocycles. The summed E-state index contributed by atoms with van der Waals surface area (Å²) in [5.74, 6) is 0.743. The Balaban J connectivity index is 1.68. The third-order valence-electron chi connectivity index (χ3n) is 4.86. The van der Waals surface area contributed by atoms with E-state index in [2.05, 4.69) is 21.2 Å². The maximum Gasteiger partial charge on any atom is 0.231 e. The normalized spacial score (nSPS) is 15.8. The first-order valence-corrected chi connectivity index (χ1v) is 8.87. The molecule has 4 rings (SSSR count). The Morgan fingerprint density at radius 3 is 2.81 bits per heavy atom. The van der Waals surface area contributed by atoms with Crippen molar-refractivity contribution in [2.24, 2.45) is 0 Å². The van der Waals surface area contributed by atoms with Gasteiger partial charge in [-0.25, -0.2) is 9.97 Å². The molecule has 1 aliphatic rings. The molecule has 1 aromatic carbocycles. The van der Waals surface area contributed by atoms with E-state index in [-0.39, 0.29) is 24.3 Å². The zero-order valence-electron chi connectivity index (χ0n) is 15.6. The number of anilines is 1. The number of carbonyl (C=O) groups is 1. The van der Waals surface area contributed by atoms with E-state index in [1.807, 2.05) is 39.0 Å². The van der Waals surface area contributed by atoms with Crippen LogP contribution in [-0.2, 0) is 17.8 Å². The molecule has 27 heavy (non-hydrogen) atoms. The molecular weight excluding hydrogens is 342 g/mol. The minimum atomic E-state index is -0.176. The molecule has 1 atom stereocenters. The van der Waals surface area contributed by atoms with Crippen molar-refractivity contribution in [3.63, 3.8) is 0 Å². The second-order valence-corrected chi connectivity index (χ2v) is 6.97. The highest BCUT2D eigenvalue weighted by atomic mass is 16.5. The lowest BCUT2D eigenvalue weighted by atomic mass is 10.0. The fraction of sp³-hybridized carbons (Fsp3) is 0.300. The predicted octanol–water partition coefficient (Wildman–Crippen LogP) is 2.98. The van der Waals surface area contributed by atoms with Gasteiger partial charge in [-0.3, -0.25) is 4.79 Å². The Bertz CT molecular complexity index is 1030. The molecule has 0 spiro atoms. The van der Waals surface area contributed by atoms with Crippen molar-refractivity contribution in [2.75, 3.05) is 5.73 Å². The van der Waals surface area contributed by atoms with Crippen molar-refractivity contribution in [1.29, 1.82) is 0 Å². The summed E-state index contributed by atoms with van der Waals surface area (Å²) in [6.45, 7) is 6.28. The van der Waals surface area contributed by atoms with Gasteiger partial charge in [-0.1, -0.05) is 28.9 Å². The van der Waals surface area contributed by atoms with Crippen LogP contribution in [0.25, 0.3) is 11.3 Å². The molecular formula is C20H21N5O2. The summed E-state index contributed by atoms with van der Waals surface area (Å²) in [6.07, 6.45) is 0.169. The van der Waals surface area contributed by atoms with Crippen LogP contribution in [-0.4, -0.2) is 25.9 Å². The van der Waals surface area contributed by atoms with Gasteiger partial charge in [0, 0.05) is 17.2 Å². The largest absolute Gasteiger partial charge is 0.368 e. The number of nitrogens with two attached hydrogens (primary N) is 1. The molecule has 138 valence electrons. The Hall–Kier alpha value is -3.22. The van der Waals surface area contributed by atoms with Gasteiger partial charge in [0.05, 0.1) is 36.1 Å². The Morgan fingerprint density at radius 2 is 2.11 bits per heavy atom. The fourth-order valence-electron chi connectivity index (χ4n) is 3.56. The summed E-state index contributed by atoms with van der Waals surface area (Å²) in [5, 5.41) is 3.84. The maximum atomic E-state index is 12.8. The number of rotatable bonds is 3. The second kappa shape index (κ2) is 6.50. The molecule has 2 aromatic heterocycles. The molecule has 0 aliphatic carbocycles. The summed E-state index contributed by atoms with van der Waals surface area (Å²) in [7, 11) is 0. The standard InChI is InChI=1S/C20H21N5O2/c1-11-5-4-6-14(7-11)19-16-10-25(13(3)18(16)22-20(21)23-19)17(26)9-15-8-12(2)24-27-15/h4-8,13H,9-10H2,1-3H3,(H2,21,22,23)/t13-/m0/s1. The van der Waals surface area contributed by atoms with Gasteiger partial charge in [-0.05, 0) is 26.8 Å². The molecule has 0 fully saturated rings. The van der Waals surface area contributed by atoms with Crippen LogP contribution in [0.2, 0.25) is 0 Å². The van der Waals surface area contributed by atoms with Gasteiger partial charge >= 0.3 is 0 Å². The predicted molar refractivity (Wildman–Crippen MR) is 101 cm³/mol. The average molecular weight is 363 g/mol. The number of hydrogen-bond donors (Lipinski definition) is 1. The van der Waals surface area contributed by atoms with Gasteiger partial charge < -0.3 is 15.2 Å². The summed E-state index contributed by atoms with van der Waals surface area (Å²) in [5.41, 5.74) is 11.4. The molecule has 1 aliphatic heterocycles. The zero-order chi connectivity index (χ0) is 19.1. The van der Waals surface area contributed by atoms with Crippen LogP contribution in [0, 0.1) is 13.8 Å². The van der Waals surface area contributed by atoms with Crippen LogP contribution in [0.1, 0.15) is 41.2 Å². The highest BCUT2D eigenvalue weighted by Gasteiger charge is 2.35. The Morgan fingerprint density at radius 1 is 1.30 bits per heavy atom. The van der Waals surface area contributed by atoms with Crippen molar-refractivity contribution in [3.05, 3.63) is 58.6 Å². The monoisotopic (exact) mass is 363 g/mol. The molecule has 0 radical (unpaired) electrons. The number of amides is 1. The van der Waals surface area contributed by atoms with Gasteiger partial charge in [0.15, 0.2) is 0 Å². The highest BCUT2D eigenvalue weighted by Crippen LogP contribution is 2.38. The van der Waals surface area contributed by atoms with E-state index in [0.29, 0.717) is 12.3 Å². The van der Waals surface area contributed by atoms with Crippen LogP contribution in [0.5, 0.6) is 0 Å². The van der Waals surface area contributed by atoms with Crippen LogP contribution < -0.4 is 5.73 Å². The topological polar surface area (TPSA) is 98.1 Å². The summed E-state index contributed by atoms with van der Waals surface area (Å²) < 4.78 is 5.19. The van der Waals surface area contributed by atoms with Crippen LogP contribution in [0.4, 0.5) is 5.95 Å². The number of hydrogen-bond acceptors (Lipinski definition) is 6. The second-order valence-electron chi connectivity index (χ2n) is 6.97. The first-order valence-electron chi connectivity index (χ1n) is 8.87. The minimum Gasteiger partial charge on any atom is -0.368 e. The summed E-state index contributed by atoms with van der Waals surface area (Å²) in [4.78, 5) is 23.5. The Labute approximate surface area is 157 Å². The number of aromatic nitrogens is 3. The smallest absolute Gasteiger partial charge is 0.231 e. The lowest BCUT2D eigenvalue weighted by Gasteiger charge is -2.20. The zero-order valence-corrected chi connectivity index (χ0v) is 15.6. The van der Waals surface area contributed by atoms with Gasteiger partial charge in [0.2, 0.25) is 11.9 Å². The van der Waals surface area contributed by atoms with Crippen molar-refractivity contribution < 1.29 is 9.32 Å². The first kappa shape index (κ1) is 17.2. The molecule has 2 N–H and O–H groups in total. The molecule has 7 heteroatoms. The lowest BCUT2D eigenvalue weighted by molar-refractivity contribution is -0.132. The van der Waals surface area contributed by atoms with Crippen LogP contribution >= 0.6 is 0 Å². The quantitative estimate of drug-likeness (QED) is 0.768. The van der Waals surface area contributed by atoms with E-state index in [0.717, 1.165) is 33.8 Å². The molecule has 0 saturated carbocycles. The molecule has 7 nitrogen and oxygen atoms in total. The number of nitrogens with zero attached hydrogens (tertiary/aromatic N) is 4. The van der Waals surface area contributed by atoms with Crippen LogP contribution in [0.15, 0.2) is 34.9 Å². The fourth-order valence-corrected chi connectivity index (χ4v) is 3.56.